The predicted octanol–water partition coefficient (Wildman–Crippen LogP) is 2.71. The summed E-state index contributed by atoms with van der Waals surface area (Å²) in [7, 11) is 6.53. The summed E-state index contributed by atoms with van der Waals surface area (Å²) in [5.41, 5.74) is 1.51. The number of hydrogen-bond acceptors (Lipinski definition) is 4. The van der Waals surface area contributed by atoms with Crippen LogP contribution in [0.4, 0.5) is 0 Å². The first-order chi connectivity index (χ1) is 9.97. The number of aromatic hydroxyl groups is 1. The van der Waals surface area contributed by atoms with Crippen molar-refractivity contribution in [1.29, 1.82) is 0 Å². The number of phenolic OH excluding ortho intramolecular Hbond substituents is 1. The Bertz CT molecular complexity index is 470. The van der Waals surface area contributed by atoms with Crippen LogP contribution in [0.2, 0.25) is 0 Å². The van der Waals surface area contributed by atoms with E-state index in [1.807, 2.05) is 19.1 Å². The minimum Gasteiger partial charge on any atom is -0.504 e. The molecule has 1 fully saturated rings. The van der Waals surface area contributed by atoms with Crippen molar-refractivity contribution in [2.75, 3.05) is 34.3 Å². The molecule has 0 aliphatic heterocycles. The number of likely N-dealkylation sites (N-methyl/N-ethyl adjacent to an activating group) is 2. The molecule has 0 amide bonds. The maximum atomic E-state index is 9.76. The van der Waals surface area contributed by atoms with Crippen LogP contribution in [0.5, 0.6) is 11.5 Å². The van der Waals surface area contributed by atoms with Crippen molar-refractivity contribution in [1.82, 2.24) is 9.80 Å². The topological polar surface area (TPSA) is 35.9 Å². The molecule has 0 saturated heterocycles. The van der Waals surface area contributed by atoms with E-state index in [2.05, 4.69) is 30.9 Å². The van der Waals surface area contributed by atoms with E-state index < -0.39 is 0 Å². The Morgan fingerprint density at radius 1 is 1.24 bits per heavy atom. The van der Waals surface area contributed by atoms with Gasteiger partial charge in [-0.05, 0) is 65.0 Å². The van der Waals surface area contributed by atoms with Crippen molar-refractivity contribution in [2.24, 2.45) is 0 Å². The third-order valence-electron chi connectivity index (χ3n) is 4.57. The second kappa shape index (κ2) is 6.67. The molecule has 1 saturated carbocycles. The molecule has 2 rings (SSSR count). The molecule has 1 aromatic carbocycles. The van der Waals surface area contributed by atoms with Gasteiger partial charge in [-0.3, -0.25) is 0 Å². The van der Waals surface area contributed by atoms with E-state index >= 15 is 0 Å². The highest BCUT2D eigenvalue weighted by Crippen LogP contribution is 2.37. The normalized spacial score (nSPS) is 17.0. The lowest BCUT2D eigenvalue weighted by molar-refractivity contribution is 0.0259. The van der Waals surface area contributed by atoms with Crippen LogP contribution >= 0.6 is 0 Å². The summed E-state index contributed by atoms with van der Waals surface area (Å²) >= 11 is 0. The SMILES string of the molecule is CCOc1cc(CN(C)CC2(N(C)C)CCC2)ccc1O. The summed E-state index contributed by atoms with van der Waals surface area (Å²) < 4.78 is 5.45. The van der Waals surface area contributed by atoms with Crippen molar-refractivity contribution in [3.05, 3.63) is 23.8 Å². The van der Waals surface area contributed by atoms with Crippen molar-refractivity contribution in [3.63, 3.8) is 0 Å². The zero-order valence-electron chi connectivity index (χ0n) is 13.7. The van der Waals surface area contributed by atoms with E-state index in [-0.39, 0.29) is 5.75 Å². The van der Waals surface area contributed by atoms with E-state index in [0.29, 0.717) is 17.9 Å². The Balaban J connectivity index is 1.99. The van der Waals surface area contributed by atoms with Crippen molar-refractivity contribution in [2.45, 2.75) is 38.3 Å². The molecule has 0 aromatic heterocycles. The van der Waals surface area contributed by atoms with Crippen LogP contribution in [0.3, 0.4) is 0 Å². The van der Waals surface area contributed by atoms with Gasteiger partial charge >= 0.3 is 0 Å². The third-order valence-corrected chi connectivity index (χ3v) is 4.57. The second-order valence-electron chi connectivity index (χ2n) is 6.38. The Hall–Kier alpha value is -1.26. The quantitative estimate of drug-likeness (QED) is 0.838. The number of ether oxygens (including phenoxy) is 1. The van der Waals surface area contributed by atoms with E-state index in [1.165, 1.54) is 24.8 Å². The molecule has 21 heavy (non-hydrogen) atoms. The molecule has 0 bridgehead atoms. The highest BCUT2D eigenvalue weighted by Gasteiger charge is 2.39. The van der Waals surface area contributed by atoms with Crippen molar-refractivity contribution >= 4 is 0 Å². The second-order valence-corrected chi connectivity index (χ2v) is 6.38. The summed E-state index contributed by atoms with van der Waals surface area (Å²) in [6.45, 7) is 4.44. The highest BCUT2D eigenvalue weighted by molar-refractivity contribution is 5.41. The van der Waals surface area contributed by atoms with Gasteiger partial charge in [-0.15, -0.1) is 0 Å². The van der Waals surface area contributed by atoms with Gasteiger partial charge in [-0.2, -0.15) is 0 Å². The lowest BCUT2D eigenvalue weighted by Gasteiger charge is -2.49. The molecule has 4 heteroatoms. The van der Waals surface area contributed by atoms with Crippen LogP contribution in [-0.4, -0.2) is 54.7 Å². The first kappa shape index (κ1) is 16.1. The molecule has 0 spiro atoms. The predicted molar refractivity (Wildman–Crippen MR) is 85.9 cm³/mol. The smallest absolute Gasteiger partial charge is 0.161 e. The molecule has 118 valence electrons. The number of rotatable bonds is 7. The number of benzene rings is 1. The van der Waals surface area contributed by atoms with Crippen molar-refractivity contribution < 1.29 is 9.84 Å². The van der Waals surface area contributed by atoms with Crippen LogP contribution in [0.15, 0.2) is 18.2 Å². The minimum absolute atomic E-state index is 0.215. The van der Waals surface area contributed by atoms with Crippen LogP contribution in [-0.2, 0) is 6.54 Å². The largest absolute Gasteiger partial charge is 0.504 e. The summed E-state index contributed by atoms with van der Waals surface area (Å²) in [5, 5.41) is 9.76. The van der Waals surface area contributed by atoms with Gasteiger partial charge < -0.3 is 19.6 Å². The number of hydrogen-bond donors (Lipinski definition) is 1. The molecule has 1 aliphatic rings. The Morgan fingerprint density at radius 3 is 2.48 bits per heavy atom. The van der Waals surface area contributed by atoms with E-state index in [1.54, 1.807) is 6.07 Å². The summed E-state index contributed by atoms with van der Waals surface area (Å²) in [5.74, 6) is 0.793. The molecule has 1 N–H and O–H groups in total. The van der Waals surface area contributed by atoms with Gasteiger partial charge in [0.25, 0.3) is 0 Å². The van der Waals surface area contributed by atoms with E-state index in [0.717, 1.165) is 13.1 Å². The average Bonchev–Trinajstić information content (AvgIpc) is 2.38. The van der Waals surface area contributed by atoms with Crippen LogP contribution in [0, 0.1) is 0 Å². The molecular weight excluding hydrogens is 264 g/mol. The maximum absolute atomic E-state index is 9.76. The first-order valence-corrected chi connectivity index (χ1v) is 7.77. The standard InChI is InChI=1S/C17H28N2O2/c1-5-21-16-11-14(7-8-15(16)20)12-19(4)13-17(18(2)3)9-6-10-17/h7-8,11,20H,5-6,9-10,12-13H2,1-4H3. The van der Waals surface area contributed by atoms with Gasteiger partial charge in [0.05, 0.1) is 6.61 Å². The lowest BCUT2D eigenvalue weighted by atomic mass is 9.75. The van der Waals surface area contributed by atoms with E-state index in [9.17, 15) is 5.11 Å². The van der Waals surface area contributed by atoms with Crippen LogP contribution in [0.25, 0.3) is 0 Å². The lowest BCUT2D eigenvalue weighted by Crippen LogP contribution is -2.56. The summed E-state index contributed by atoms with van der Waals surface area (Å²) in [6.07, 6.45) is 3.90. The number of phenols is 1. The number of nitrogens with zero attached hydrogens (tertiary/aromatic N) is 2. The molecule has 0 unspecified atom stereocenters. The highest BCUT2D eigenvalue weighted by atomic mass is 16.5. The Labute approximate surface area is 128 Å². The van der Waals surface area contributed by atoms with Gasteiger partial charge in [0.15, 0.2) is 11.5 Å². The molecule has 1 aromatic rings. The third kappa shape index (κ3) is 3.69. The zero-order valence-corrected chi connectivity index (χ0v) is 13.7. The molecule has 4 nitrogen and oxygen atoms in total. The molecule has 0 radical (unpaired) electrons. The summed E-state index contributed by atoms with van der Waals surface area (Å²) in [6, 6.07) is 5.63. The van der Waals surface area contributed by atoms with Crippen LogP contribution in [0.1, 0.15) is 31.7 Å². The van der Waals surface area contributed by atoms with Gasteiger partial charge in [-0.25, -0.2) is 0 Å². The van der Waals surface area contributed by atoms with Gasteiger partial charge in [-0.1, -0.05) is 6.07 Å². The Kier molecular flexibility index (Phi) is 5.12. The molecule has 1 aliphatic carbocycles. The molecule has 0 atom stereocenters. The van der Waals surface area contributed by atoms with E-state index in [4.69, 9.17) is 4.74 Å². The zero-order chi connectivity index (χ0) is 15.5. The maximum Gasteiger partial charge on any atom is 0.161 e. The van der Waals surface area contributed by atoms with Crippen molar-refractivity contribution in [3.8, 4) is 11.5 Å². The Morgan fingerprint density at radius 2 is 1.95 bits per heavy atom. The fourth-order valence-corrected chi connectivity index (χ4v) is 3.13. The minimum atomic E-state index is 0.215. The fraction of sp³-hybridized carbons (Fsp3) is 0.647. The van der Waals surface area contributed by atoms with Crippen LogP contribution < -0.4 is 4.74 Å². The summed E-state index contributed by atoms with van der Waals surface area (Å²) in [4.78, 5) is 4.73. The fourth-order valence-electron chi connectivity index (χ4n) is 3.13. The average molecular weight is 292 g/mol. The van der Waals surface area contributed by atoms with Gasteiger partial charge in [0, 0.05) is 18.6 Å². The molecular formula is C17H28N2O2. The van der Waals surface area contributed by atoms with Gasteiger partial charge in [0.2, 0.25) is 0 Å². The van der Waals surface area contributed by atoms with Gasteiger partial charge in [0.1, 0.15) is 0 Å². The molecule has 0 heterocycles. The monoisotopic (exact) mass is 292 g/mol. The first-order valence-electron chi connectivity index (χ1n) is 7.77.